The first-order valence-electron chi connectivity index (χ1n) is 6.50. The van der Waals surface area contributed by atoms with Gasteiger partial charge in [0.05, 0.1) is 37.4 Å². The molecule has 0 fully saturated rings. The zero-order valence-electron chi connectivity index (χ0n) is 12.1. The topological polar surface area (TPSA) is 85.9 Å². The number of phenols is 1. The maximum Gasteiger partial charge on any atom is 0.275 e. The fourth-order valence-corrected chi connectivity index (χ4v) is 2.48. The van der Waals surface area contributed by atoms with Crippen molar-refractivity contribution in [3.63, 3.8) is 0 Å². The molecule has 0 atom stereocenters. The highest BCUT2D eigenvalue weighted by atomic mass is 79.9. The number of amides is 1. The van der Waals surface area contributed by atoms with E-state index in [2.05, 4.69) is 21.0 Å². The maximum absolute atomic E-state index is 12.3. The van der Waals surface area contributed by atoms with Crippen molar-refractivity contribution >= 4 is 33.6 Å². The lowest BCUT2D eigenvalue weighted by molar-refractivity contribution is -0.125. The summed E-state index contributed by atoms with van der Waals surface area (Å²) in [5.41, 5.74) is 1.72. The third kappa shape index (κ3) is 3.12. The normalized spacial score (nSPS) is 15.9. The summed E-state index contributed by atoms with van der Waals surface area (Å²) in [6.07, 6.45) is 1.91. The zero-order chi connectivity index (χ0) is 16.3. The second-order valence-electron chi connectivity index (χ2n) is 4.63. The molecule has 6 nitrogen and oxygen atoms in total. The molecule has 0 bridgehead atoms. The van der Waals surface area contributed by atoms with Crippen LogP contribution >= 0.6 is 15.9 Å². The van der Waals surface area contributed by atoms with Crippen molar-refractivity contribution in [1.82, 2.24) is 5.01 Å². The Hall–Kier alpha value is -2.33. The number of rotatable bonds is 4. The van der Waals surface area contributed by atoms with Gasteiger partial charge in [-0.25, -0.2) is 5.01 Å². The number of aromatic hydroxyl groups is 1. The van der Waals surface area contributed by atoms with Crippen molar-refractivity contribution in [1.29, 1.82) is 5.26 Å². The van der Waals surface area contributed by atoms with Crippen LogP contribution in [0.5, 0.6) is 11.5 Å². The third-order valence-corrected chi connectivity index (χ3v) is 3.85. The Morgan fingerprint density at radius 2 is 2.27 bits per heavy atom. The van der Waals surface area contributed by atoms with Crippen LogP contribution in [0.4, 0.5) is 0 Å². The summed E-state index contributed by atoms with van der Waals surface area (Å²) in [7, 11) is 1.46. The van der Waals surface area contributed by atoms with E-state index < -0.39 is 0 Å². The van der Waals surface area contributed by atoms with Gasteiger partial charge in [0.25, 0.3) is 5.91 Å². The summed E-state index contributed by atoms with van der Waals surface area (Å²) in [6, 6.07) is 5.12. The van der Waals surface area contributed by atoms with Gasteiger partial charge in [0.1, 0.15) is 0 Å². The van der Waals surface area contributed by atoms with Crippen LogP contribution in [0.2, 0.25) is 0 Å². The van der Waals surface area contributed by atoms with Crippen molar-refractivity contribution in [2.45, 2.75) is 13.3 Å². The lowest BCUT2D eigenvalue weighted by Crippen LogP contribution is -2.22. The molecule has 0 aliphatic carbocycles. The highest BCUT2D eigenvalue weighted by Gasteiger charge is 2.27. The second kappa shape index (κ2) is 6.62. The number of hydrogen-bond donors (Lipinski definition) is 1. The SMILES string of the molecule is COc1cc(/C=C2\C(=O)N(CCC#N)N=C2C)c(Br)cc1O. The zero-order valence-corrected chi connectivity index (χ0v) is 13.7. The summed E-state index contributed by atoms with van der Waals surface area (Å²) in [5, 5.41) is 23.8. The molecule has 1 aromatic rings. The number of nitriles is 1. The van der Waals surface area contributed by atoms with Gasteiger partial charge in [-0.3, -0.25) is 4.79 Å². The van der Waals surface area contributed by atoms with E-state index in [4.69, 9.17) is 10.00 Å². The molecule has 0 unspecified atom stereocenters. The van der Waals surface area contributed by atoms with Crippen LogP contribution in [0, 0.1) is 11.3 Å². The van der Waals surface area contributed by atoms with Gasteiger partial charge in [0.2, 0.25) is 0 Å². The van der Waals surface area contributed by atoms with Gasteiger partial charge >= 0.3 is 0 Å². The molecule has 114 valence electrons. The summed E-state index contributed by atoms with van der Waals surface area (Å²) < 4.78 is 5.70. The van der Waals surface area contributed by atoms with E-state index in [1.165, 1.54) is 18.2 Å². The predicted molar refractivity (Wildman–Crippen MR) is 85.4 cm³/mol. The predicted octanol–water partition coefficient (Wildman–Crippen LogP) is 2.68. The Kier molecular flexibility index (Phi) is 4.83. The lowest BCUT2D eigenvalue weighted by atomic mass is 10.1. The smallest absolute Gasteiger partial charge is 0.275 e. The van der Waals surface area contributed by atoms with Crippen molar-refractivity contribution in [3.8, 4) is 17.6 Å². The molecule has 0 saturated heterocycles. The second-order valence-corrected chi connectivity index (χ2v) is 5.48. The van der Waals surface area contributed by atoms with Gasteiger partial charge in [-0.15, -0.1) is 0 Å². The molecule has 2 rings (SSSR count). The Bertz CT molecular complexity index is 719. The van der Waals surface area contributed by atoms with E-state index in [0.29, 0.717) is 27.1 Å². The Labute approximate surface area is 136 Å². The van der Waals surface area contributed by atoms with E-state index >= 15 is 0 Å². The van der Waals surface area contributed by atoms with Gasteiger partial charge in [-0.2, -0.15) is 10.4 Å². The van der Waals surface area contributed by atoms with E-state index in [1.807, 2.05) is 6.07 Å². The molecule has 0 spiro atoms. The van der Waals surface area contributed by atoms with Crippen LogP contribution in [-0.4, -0.2) is 35.4 Å². The number of ether oxygens (including phenoxy) is 1. The number of hydrazone groups is 1. The van der Waals surface area contributed by atoms with Crippen LogP contribution in [0.15, 0.2) is 27.3 Å². The molecule has 1 aliphatic heterocycles. The number of benzene rings is 1. The van der Waals surface area contributed by atoms with Crippen molar-refractivity contribution in [2.24, 2.45) is 5.10 Å². The Balaban J connectivity index is 2.36. The number of carbonyl (C=O) groups excluding carboxylic acids is 1. The monoisotopic (exact) mass is 363 g/mol. The molecule has 0 saturated carbocycles. The molecule has 22 heavy (non-hydrogen) atoms. The molecule has 1 aromatic carbocycles. The fourth-order valence-electron chi connectivity index (χ4n) is 2.04. The molecule has 7 heteroatoms. The minimum absolute atomic E-state index is 0.00955. The van der Waals surface area contributed by atoms with Crippen LogP contribution in [-0.2, 0) is 4.79 Å². The quantitative estimate of drug-likeness (QED) is 0.833. The number of methoxy groups -OCH3 is 1. The molecule has 1 N–H and O–H groups in total. The van der Waals surface area contributed by atoms with E-state index in [1.54, 1.807) is 19.1 Å². The maximum atomic E-state index is 12.3. The summed E-state index contributed by atoms with van der Waals surface area (Å²) in [4.78, 5) is 12.3. The van der Waals surface area contributed by atoms with Gasteiger partial charge in [0.15, 0.2) is 11.5 Å². The summed E-state index contributed by atoms with van der Waals surface area (Å²) in [5.74, 6) is 0.0819. The largest absolute Gasteiger partial charge is 0.504 e. The van der Waals surface area contributed by atoms with Gasteiger partial charge in [-0.1, -0.05) is 15.9 Å². The van der Waals surface area contributed by atoms with Crippen LogP contribution < -0.4 is 4.74 Å². The minimum Gasteiger partial charge on any atom is -0.504 e. The van der Waals surface area contributed by atoms with E-state index in [9.17, 15) is 9.90 Å². The van der Waals surface area contributed by atoms with E-state index in [-0.39, 0.29) is 24.6 Å². The average Bonchev–Trinajstić information content (AvgIpc) is 2.75. The minimum atomic E-state index is -0.244. The first-order chi connectivity index (χ1) is 10.5. The van der Waals surface area contributed by atoms with Crippen molar-refractivity contribution < 1.29 is 14.6 Å². The first-order valence-corrected chi connectivity index (χ1v) is 7.29. The number of nitrogens with zero attached hydrogens (tertiary/aromatic N) is 3. The van der Waals surface area contributed by atoms with Crippen LogP contribution in [0.3, 0.4) is 0 Å². The Morgan fingerprint density at radius 1 is 1.55 bits per heavy atom. The molecule has 1 amide bonds. The number of hydrogen-bond acceptors (Lipinski definition) is 5. The molecular weight excluding hydrogens is 350 g/mol. The lowest BCUT2D eigenvalue weighted by Gasteiger charge is -2.09. The standard InChI is InChI=1S/C15H14BrN3O3/c1-9-11(15(21)19(18-9)5-3-4-17)6-10-7-14(22-2)13(20)8-12(10)16/h6-8,20H,3,5H2,1-2H3/b11-6-. The average molecular weight is 364 g/mol. The first kappa shape index (κ1) is 16.0. The highest BCUT2D eigenvalue weighted by molar-refractivity contribution is 9.10. The molecule has 1 aliphatic rings. The highest BCUT2D eigenvalue weighted by Crippen LogP contribution is 2.34. The Morgan fingerprint density at radius 3 is 2.91 bits per heavy atom. The number of phenolic OH excluding ortho intramolecular Hbond substituents is 1. The van der Waals surface area contributed by atoms with Crippen LogP contribution in [0.25, 0.3) is 6.08 Å². The molecular formula is C15H14BrN3O3. The number of carbonyl (C=O) groups is 1. The summed E-state index contributed by atoms with van der Waals surface area (Å²) >= 11 is 3.35. The van der Waals surface area contributed by atoms with Crippen molar-refractivity contribution in [3.05, 3.63) is 27.7 Å². The van der Waals surface area contributed by atoms with Crippen LogP contribution in [0.1, 0.15) is 18.9 Å². The molecule has 0 aromatic heterocycles. The van der Waals surface area contributed by atoms with Gasteiger partial charge in [-0.05, 0) is 30.7 Å². The molecule has 1 heterocycles. The van der Waals surface area contributed by atoms with Gasteiger partial charge in [0, 0.05) is 4.47 Å². The molecule has 0 radical (unpaired) electrons. The van der Waals surface area contributed by atoms with Crippen molar-refractivity contribution in [2.75, 3.05) is 13.7 Å². The third-order valence-electron chi connectivity index (χ3n) is 3.16. The fraction of sp³-hybridized carbons (Fsp3) is 0.267. The summed E-state index contributed by atoms with van der Waals surface area (Å²) in [6.45, 7) is 2.01. The van der Waals surface area contributed by atoms with E-state index in [0.717, 1.165) is 0 Å². The number of halogens is 1. The van der Waals surface area contributed by atoms with Gasteiger partial charge < -0.3 is 9.84 Å².